The van der Waals surface area contributed by atoms with E-state index in [9.17, 15) is 4.79 Å². The first-order valence-electron chi connectivity index (χ1n) is 7.48. The zero-order valence-electron chi connectivity index (χ0n) is 13.4. The highest BCUT2D eigenvalue weighted by molar-refractivity contribution is 6.41. The van der Waals surface area contributed by atoms with Gasteiger partial charge in [0.05, 0.1) is 30.0 Å². The Kier molecular flexibility index (Phi) is 6.70. The number of rotatable bonds is 7. The number of ether oxygens (including phenoxy) is 2. The summed E-state index contributed by atoms with van der Waals surface area (Å²) in [5.74, 6) is 0.820. The molecule has 1 N–H and O–H groups in total. The number of amides is 1. The number of unbranched alkanes of at least 4 members (excludes halogenated alkanes) is 1. The number of benzene rings is 1. The van der Waals surface area contributed by atoms with Crippen molar-refractivity contribution < 1.29 is 14.3 Å². The van der Waals surface area contributed by atoms with Crippen molar-refractivity contribution in [3.8, 4) is 11.5 Å². The van der Waals surface area contributed by atoms with Gasteiger partial charge >= 0.3 is 0 Å². The number of anilines is 1. The molecule has 0 fully saturated rings. The largest absolute Gasteiger partial charge is 0.497 e. The van der Waals surface area contributed by atoms with Crippen molar-refractivity contribution in [2.24, 2.45) is 0 Å². The van der Waals surface area contributed by atoms with E-state index in [0.717, 1.165) is 12.8 Å². The van der Waals surface area contributed by atoms with Crippen LogP contribution in [0.3, 0.4) is 0 Å². The highest BCUT2D eigenvalue weighted by Crippen LogP contribution is 2.30. The minimum atomic E-state index is -0.366. The topological polar surface area (TPSA) is 60.5 Å². The molecular weight excluding hydrogens is 351 g/mol. The quantitative estimate of drug-likeness (QED) is 0.561. The highest BCUT2D eigenvalue weighted by atomic mass is 35.5. The summed E-state index contributed by atoms with van der Waals surface area (Å²) in [5, 5.41) is 3.16. The molecule has 1 aromatic carbocycles. The summed E-state index contributed by atoms with van der Waals surface area (Å²) >= 11 is 11.7. The lowest BCUT2D eigenvalue weighted by atomic mass is 10.2. The van der Waals surface area contributed by atoms with Gasteiger partial charge in [-0.2, -0.15) is 0 Å². The average Bonchev–Trinajstić information content (AvgIpc) is 2.58. The maximum absolute atomic E-state index is 12.4. The van der Waals surface area contributed by atoms with Gasteiger partial charge < -0.3 is 14.8 Å². The third-order valence-corrected chi connectivity index (χ3v) is 3.93. The molecule has 1 amide bonds. The van der Waals surface area contributed by atoms with Gasteiger partial charge in [0, 0.05) is 12.3 Å². The molecule has 2 aromatic rings. The second kappa shape index (κ2) is 8.76. The van der Waals surface area contributed by atoms with E-state index >= 15 is 0 Å². The minimum absolute atomic E-state index is 0.151. The number of halogens is 2. The lowest BCUT2D eigenvalue weighted by molar-refractivity contribution is 0.102. The van der Waals surface area contributed by atoms with Gasteiger partial charge in [-0.05, 0) is 24.6 Å². The van der Waals surface area contributed by atoms with Gasteiger partial charge in [0.15, 0.2) is 0 Å². The van der Waals surface area contributed by atoms with Gasteiger partial charge in [0.1, 0.15) is 16.7 Å². The number of aromatic nitrogens is 1. The van der Waals surface area contributed by atoms with Crippen LogP contribution in [-0.2, 0) is 0 Å². The summed E-state index contributed by atoms with van der Waals surface area (Å²) in [6.07, 6.45) is 3.31. The standard InChI is InChI=1S/C17H18Cl2N2O3/c1-3-4-7-24-15-6-5-12(23-2)9-14(15)21-17(22)11-8-13(18)16(19)20-10-11/h5-6,8-10H,3-4,7H2,1-2H3,(H,21,22). The molecule has 7 heteroatoms. The Bertz CT molecular complexity index is 723. The number of hydrogen-bond acceptors (Lipinski definition) is 4. The average molecular weight is 369 g/mol. The third kappa shape index (κ3) is 4.76. The lowest BCUT2D eigenvalue weighted by Crippen LogP contribution is -2.13. The molecular formula is C17H18Cl2N2O3. The monoisotopic (exact) mass is 368 g/mol. The van der Waals surface area contributed by atoms with Gasteiger partial charge in [-0.1, -0.05) is 36.5 Å². The molecule has 24 heavy (non-hydrogen) atoms. The first kappa shape index (κ1) is 18.4. The molecule has 0 aliphatic rings. The van der Waals surface area contributed by atoms with E-state index in [0.29, 0.717) is 29.4 Å². The molecule has 0 aliphatic carbocycles. The van der Waals surface area contributed by atoms with Gasteiger partial charge in [-0.3, -0.25) is 4.79 Å². The van der Waals surface area contributed by atoms with Crippen LogP contribution in [0.25, 0.3) is 0 Å². The van der Waals surface area contributed by atoms with Crippen LogP contribution in [0, 0.1) is 0 Å². The molecule has 0 saturated carbocycles. The highest BCUT2D eigenvalue weighted by Gasteiger charge is 2.13. The Labute approximate surface area is 150 Å². The van der Waals surface area contributed by atoms with Gasteiger partial charge in [0.25, 0.3) is 5.91 Å². The Morgan fingerprint density at radius 1 is 1.29 bits per heavy atom. The van der Waals surface area contributed by atoms with Crippen molar-refractivity contribution in [3.63, 3.8) is 0 Å². The van der Waals surface area contributed by atoms with E-state index in [1.165, 1.54) is 12.3 Å². The van der Waals surface area contributed by atoms with Crippen LogP contribution in [0.2, 0.25) is 10.2 Å². The molecule has 0 unspecified atom stereocenters. The predicted octanol–water partition coefficient (Wildman–Crippen LogP) is 4.83. The Balaban J connectivity index is 2.22. The van der Waals surface area contributed by atoms with Crippen molar-refractivity contribution in [2.75, 3.05) is 19.0 Å². The van der Waals surface area contributed by atoms with Gasteiger partial charge in [-0.25, -0.2) is 4.98 Å². The maximum Gasteiger partial charge on any atom is 0.257 e. The molecule has 5 nitrogen and oxygen atoms in total. The fraction of sp³-hybridized carbons (Fsp3) is 0.294. The van der Waals surface area contributed by atoms with Crippen molar-refractivity contribution in [1.82, 2.24) is 4.98 Å². The van der Waals surface area contributed by atoms with Crippen LogP contribution in [0.5, 0.6) is 11.5 Å². The minimum Gasteiger partial charge on any atom is -0.497 e. The molecule has 0 saturated heterocycles. The Morgan fingerprint density at radius 3 is 2.75 bits per heavy atom. The van der Waals surface area contributed by atoms with Crippen LogP contribution in [0.4, 0.5) is 5.69 Å². The summed E-state index contributed by atoms with van der Waals surface area (Å²) in [7, 11) is 1.56. The smallest absolute Gasteiger partial charge is 0.257 e. The van der Waals surface area contributed by atoms with E-state index in [1.807, 2.05) is 0 Å². The van der Waals surface area contributed by atoms with Crippen LogP contribution in [0.15, 0.2) is 30.5 Å². The number of methoxy groups -OCH3 is 1. The van der Waals surface area contributed by atoms with Crippen molar-refractivity contribution in [3.05, 3.63) is 46.2 Å². The number of carbonyl (C=O) groups excluding carboxylic acids is 1. The molecule has 1 aromatic heterocycles. The zero-order valence-corrected chi connectivity index (χ0v) is 14.9. The van der Waals surface area contributed by atoms with E-state index in [2.05, 4.69) is 17.2 Å². The van der Waals surface area contributed by atoms with Gasteiger partial charge in [-0.15, -0.1) is 0 Å². The molecule has 0 spiro atoms. The molecule has 0 radical (unpaired) electrons. The molecule has 2 rings (SSSR count). The second-order valence-electron chi connectivity index (χ2n) is 5.01. The van der Waals surface area contributed by atoms with E-state index in [4.69, 9.17) is 32.7 Å². The van der Waals surface area contributed by atoms with Crippen molar-refractivity contribution in [1.29, 1.82) is 0 Å². The molecule has 0 atom stereocenters. The molecule has 0 bridgehead atoms. The Hall–Kier alpha value is -1.98. The summed E-state index contributed by atoms with van der Waals surface area (Å²) in [5.41, 5.74) is 0.813. The number of carbonyl (C=O) groups is 1. The van der Waals surface area contributed by atoms with Crippen LogP contribution in [0.1, 0.15) is 30.1 Å². The molecule has 128 valence electrons. The number of pyridine rings is 1. The normalized spacial score (nSPS) is 10.3. The van der Waals surface area contributed by atoms with E-state index < -0.39 is 0 Å². The maximum atomic E-state index is 12.4. The van der Waals surface area contributed by atoms with E-state index in [-0.39, 0.29) is 16.1 Å². The second-order valence-corrected chi connectivity index (χ2v) is 5.78. The fourth-order valence-corrected chi connectivity index (χ4v) is 2.20. The summed E-state index contributed by atoms with van der Waals surface area (Å²) in [6.45, 7) is 2.65. The van der Waals surface area contributed by atoms with E-state index in [1.54, 1.807) is 25.3 Å². The lowest BCUT2D eigenvalue weighted by Gasteiger charge is -2.14. The first-order valence-corrected chi connectivity index (χ1v) is 8.24. The zero-order chi connectivity index (χ0) is 17.5. The Morgan fingerprint density at radius 2 is 2.08 bits per heavy atom. The number of nitrogens with one attached hydrogen (secondary N) is 1. The van der Waals surface area contributed by atoms with Crippen molar-refractivity contribution in [2.45, 2.75) is 19.8 Å². The number of nitrogens with zero attached hydrogens (tertiary/aromatic N) is 1. The summed E-state index contributed by atoms with van der Waals surface area (Å²) < 4.78 is 10.9. The van der Waals surface area contributed by atoms with Crippen LogP contribution in [-0.4, -0.2) is 24.6 Å². The first-order chi connectivity index (χ1) is 11.5. The summed E-state index contributed by atoms with van der Waals surface area (Å²) in [4.78, 5) is 16.3. The van der Waals surface area contributed by atoms with Crippen LogP contribution >= 0.6 is 23.2 Å². The molecule has 1 heterocycles. The summed E-state index contributed by atoms with van der Waals surface area (Å²) in [6, 6.07) is 6.70. The third-order valence-electron chi connectivity index (χ3n) is 3.25. The van der Waals surface area contributed by atoms with Gasteiger partial charge in [0.2, 0.25) is 0 Å². The fourth-order valence-electron chi connectivity index (χ4n) is 1.93. The van der Waals surface area contributed by atoms with Crippen LogP contribution < -0.4 is 14.8 Å². The molecule has 0 aliphatic heterocycles. The number of hydrogen-bond donors (Lipinski definition) is 1. The SMILES string of the molecule is CCCCOc1ccc(OC)cc1NC(=O)c1cnc(Cl)c(Cl)c1. The predicted molar refractivity (Wildman–Crippen MR) is 95.6 cm³/mol. The van der Waals surface area contributed by atoms with Crippen molar-refractivity contribution >= 4 is 34.8 Å².